The van der Waals surface area contributed by atoms with Gasteiger partial charge in [-0.3, -0.25) is 23.7 Å². The van der Waals surface area contributed by atoms with Crippen LogP contribution in [0.1, 0.15) is 27.0 Å². The minimum atomic E-state index is -4.32. The van der Waals surface area contributed by atoms with Gasteiger partial charge in [-0.2, -0.15) is 5.09 Å². The molecule has 2 aromatic rings. The molecule has 3 N–H and O–H groups in total. The number of hydrogen-bond donors (Lipinski definition) is 3. The Morgan fingerprint density at radius 1 is 1.31 bits per heavy atom. The maximum absolute atomic E-state index is 15.3. The number of halogens is 2. The van der Waals surface area contributed by atoms with Crippen LogP contribution in [0.15, 0.2) is 52.2 Å². The monoisotopic (exact) mass is 593 g/mol. The zero-order valence-corrected chi connectivity index (χ0v) is 22.0. The Bertz CT molecular complexity index is 1220. The summed E-state index contributed by atoms with van der Waals surface area (Å²) in [5.74, 6) is -0.577. The molecule has 36 heavy (non-hydrogen) atoms. The Hall–Kier alpha value is -2.35. The molecule has 0 aliphatic carbocycles. The highest BCUT2D eigenvalue weighted by Gasteiger charge is 2.57. The van der Waals surface area contributed by atoms with Crippen molar-refractivity contribution in [2.75, 3.05) is 6.61 Å². The fourth-order valence-electron chi connectivity index (χ4n) is 3.22. The molecule has 0 radical (unpaired) electrons. The van der Waals surface area contributed by atoms with Crippen molar-refractivity contribution < 1.29 is 37.4 Å². The number of aromatic amines is 1. The van der Waals surface area contributed by atoms with Gasteiger partial charge in [-0.1, -0.05) is 18.2 Å². The molecule has 1 aliphatic heterocycles. The van der Waals surface area contributed by atoms with E-state index in [0.717, 1.165) is 16.8 Å². The molecule has 1 aromatic heterocycles. The second kappa shape index (κ2) is 11.4. The van der Waals surface area contributed by atoms with Crippen LogP contribution in [0.3, 0.4) is 0 Å². The zero-order chi connectivity index (χ0) is 26.7. The van der Waals surface area contributed by atoms with E-state index in [4.69, 9.17) is 18.5 Å². The molecule has 2 heterocycles. The van der Waals surface area contributed by atoms with Gasteiger partial charge in [-0.15, -0.1) is 0 Å². The maximum atomic E-state index is 15.3. The minimum absolute atomic E-state index is 0.142. The normalized spacial score (nSPS) is 26.4. The Kier molecular flexibility index (Phi) is 8.91. The van der Waals surface area contributed by atoms with Crippen LogP contribution in [-0.4, -0.2) is 56.2 Å². The van der Waals surface area contributed by atoms with E-state index in [1.807, 2.05) is 4.98 Å². The highest BCUT2D eigenvalue weighted by molar-refractivity contribution is 9.10. The molecule has 0 saturated carbocycles. The molecule has 1 fully saturated rings. The number of nitrogens with one attached hydrogen (secondary N) is 2. The first-order chi connectivity index (χ1) is 16.8. The van der Waals surface area contributed by atoms with Crippen molar-refractivity contribution in [1.29, 1.82) is 0 Å². The summed E-state index contributed by atoms with van der Waals surface area (Å²) in [6, 6.07) is 7.79. The topological polar surface area (TPSA) is 158 Å². The second-order valence-corrected chi connectivity index (χ2v) is 11.1. The highest BCUT2D eigenvalue weighted by atomic mass is 79.9. The fourth-order valence-corrected chi connectivity index (χ4v) is 5.35. The number of hydrogen-bond acceptors (Lipinski definition) is 9. The van der Waals surface area contributed by atoms with Crippen molar-refractivity contribution in [3.8, 4) is 5.75 Å². The zero-order valence-electron chi connectivity index (χ0n) is 19.5. The first-order valence-corrected chi connectivity index (χ1v) is 13.2. The lowest BCUT2D eigenvalue weighted by molar-refractivity contribution is -0.149. The van der Waals surface area contributed by atoms with Gasteiger partial charge in [-0.05, 0) is 48.8 Å². The van der Waals surface area contributed by atoms with E-state index in [1.165, 1.54) is 19.1 Å². The van der Waals surface area contributed by atoms with Crippen LogP contribution in [0.2, 0.25) is 0 Å². The summed E-state index contributed by atoms with van der Waals surface area (Å²) in [6.07, 6.45) is -4.46. The number of esters is 1. The summed E-state index contributed by atoms with van der Waals surface area (Å²) in [6.45, 7) is 4.01. The standard InChI is InChI=1S/C21H26BrFN3O9P/c1-12(2)33-18(29)13(3)25-36(31,35-14-7-5-4-6-8-14)32-11-15-17(28)21(22,23)19(34-15)26-10-9-16(27)24-20(26)30/h4-10,12-13,15,17,19,28H,11H2,1-3H3,(H,25,31)(H,24,27,30)/t13-,15+,17-,19+,21-,36+/m0/s1. The Morgan fingerprint density at radius 3 is 2.58 bits per heavy atom. The minimum Gasteiger partial charge on any atom is -0.462 e. The summed E-state index contributed by atoms with van der Waals surface area (Å²) in [7, 11) is -4.32. The molecular formula is C21H26BrFN3O9P. The van der Waals surface area contributed by atoms with E-state index in [1.54, 1.807) is 32.0 Å². The number of aliphatic hydroxyl groups excluding tert-OH is 1. The smallest absolute Gasteiger partial charge is 0.459 e. The molecule has 12 nitrogen and oxygen atoms in total. The number of para-hydroxylation sites is 1. The van der Waals surface area contributed by atoms with Crippen LogP contribution in [0.25, 0.3) is 0 Å². The lowest BCUT2D eigenvalue weighted by Gasteiger charge is -2.25. The number of alkyl halides is 2. The van der Waals surface area contributed by atoms with Crippen LogP contribution in [0.4, 0.5) is 4.39 Å². The summed E-state index contributed by atoms with van der Waals surface area (Å²) in [4.78, 5) is 37.7. The highest BCUT2D eigenvalue weighted by Crippen LogP contribution is 2.49. The third kappa shape index (κ3) is 6.69. The van der Waals surface area contributed by atoms with Gasteiger partial charge in [0.25, 0.3) is 5.56 Å². The van der Waals surface area contributed by atoms with Crippen LogP contribution >= 0.6 is 23.7 Å². The molecule has 15 heteroatoms. The van der Waals surface area contributed by atoms with Crippen LogP contribution in [0, 0.1) is 0 Å². The molecule has 0 bridgehead atoms. The van der Waals surface area contributed by atoms with Gasteiger partial charge in [0.1, 0.15) is 24.0 Å². The molecular weight excluding hydrogens is 568 g/mol. The number of ether oxygens (including phenoxy) is 2. The summed E-state index contributed by atoms with van der Waals surface area (Å²) < 4.78 is 48.5. The first kappa shape index (κ1) is 28.2. The van der Waals surface area contributed by atoms with Crippen LogP contribution < -0.4 is 20.9 Å². The van der Waals surface area contributed by atoms with Gasteiger partial charge >= 0.3 is 19.4 Å². The number of benzene rings is 1. The van der Waals surface area contributed by atoms with Gasteiger partial charge in [0, 0.05) is 12.3 Å². The van der Waals surface area contributed by atoms with E-state index in [-0.39, 0.29) is 5.75 Å². The number of carbonyl (C=O) groups excluding carboxylic acids is 1. The summed E-state index contributed by atoms with van der Waals surface area (Å²) in [5, 5.41) is 13.0. The van der Waals surface area contributed by atoms with Crippen LogP contribution in [0.5, 0.6) is 5.75 Å². The van der Waals surface area contributed by atoms with E-state index in [0.29, 0.717) is 0 Å². The van der Waals surface area contributed by atoms with E-state index < -0.39 is 66.7 Å². The van der Waals surface area contributed by atoms with Gasteiger partial charge < -0.3 is 19.1 Å². The van der Waals surface area contributed by atoms with E-state index >= 15 is 4.39 Å². The number of H-pyrrole nitrogens is 1. The predicted molar refractivity (Wildman–Crippen MR) is 128 cm³/mol. The molecule has 1 aromatic carbocycles. The summed E-state index contributed by atoms with van der Waals surface area (Å²) >= 11 is 2.73. The van der Waals surface area contributed by atoms with Gasteiger partial charge in [0.2, 0.25) is 4.58 Å². The third-order valence-electron chi connectivity index (χ3n) is 4.92. The lowest BCUT2D eigenvalue weighted by Crippen LogP contribution is -2.41. The molecule has 0 amide bonds. The Balaban J connectivity index is 1.80. The quantitative estimate of drug-likeness (QED) is 0.211. The molecule has 1 aliphatic rings. The van der Waals surface area contributed by atoms with E-state index in [2.05, 4.69) is 21.0 Å². The van der Waals surface area contributed by atoms with E-state index in [9.17, 15) is 24.1 Å². The number of carbonyl (C=O) groups is 1. The third-order valence-corrected chi connectivity index (χ3v) is 7.42. The maximum Gasteiger partial charge on any atom is 0.459 e. The van der Waals surface area contributed by atoms with Crippen molar-refractivity contribution in [3.05, 3.63) is 63.4 Å². The fraction of sp³-hybridized carbons (Fsp3) is 0.476. The van der Waals surface area contributed by atoms with Crippen molar-refractivity contribution in [2.45, 2.75) is 55.9 Å². The van der Waals surface area contributed by atoms with Crippen molar-refractivity contribution >= 4 is 29.6 Å². The molecule has 6 atom stereocenters. The van der Waals surface area contributed by atoms with Gasteiger partial charge in [0.15, 0.2) is 6.23 Å². The van der Waals surface area contributed by atoms with Gasteiger partial charge in [-0.25, -0.2) is 13.8 Å². The SMILES string of the molecule is CC(C)OC(=O)[C@H](C)N[P@@](=O)(OC[C@H]1O[C@@H](n2ccc(=O)[nH]c2=O)[C@](F)(Br)[C@H]1O)Oc1ccccc1. The number of aliphatic hydroxyl groups is 1. The molecule has 0 spiro atoms. The average molecular weight is 594 g/mol. The molecule has 198 valence electrons. The van der Waals surface area contributed by atoms with Crippen molar-refractivity contribution in [1.82, 2.24) is 14.6 Å². The molecule has 0 unspecified atom stereocenters. The predicted octanol–water partition coefficient (Wildman–Crippen LogP) is 1.99. The number of aromatic nitrogens is 2. The first-order valence-electron chi connectivity index (χ1n) is 10.8. The number of rotatable bonds is 10. The molecule has 1 saturated heterocycles. The average Bonchev–Trinajstić information content (AvgIpc) is 3.01. The summed E-state index contributed by atoms with van der Waals surface area (Å²) in [5.41, 5.74) is -1.68. The van der Waals surface area contributed by atoms with Crippen LogP contribution in [-0.2, 0) is 23.4 Å². The van der Waals surface area contributed by atoms with Crippen molar-refractivity contribution in [2.24, 2.45) is 0 Å². The molecule has 3 rings (SSSR count). The Morgan fingerprint density at radius 2 is 1.97 bits per heavy atom. The van der Waals surface area contributed by atoms with Crippen molar-refractivity contribution in [3.63, 3.8) is 0 Å². The lowest BCUT2D eigenvalue weighted by atomic mass is 10.1. The Labute approximate surface area is 213 Å². The second-order valence-electron chi connectivity index (χ2n) is 8.20. The number of nitrogens with zero attached hydrogens (tertiary/aromatic N) is 1. The van der Waals surface area contributed by atoms with Gasteiger partial charge in [0.05, 0.1) is 12.7 Å². The largest absolute Gasteiger partial charge is 0.462 e.